The third-order valence-electron chi connectivity index (χ3n) is 3.21. The summed E-state index contributed by atoms with van der Waals surface area (Å²) in [5, 5.41) is 5.92. The molecule has 0 aliphatic carbocycles. The van der Waals surface area contributed by atoms with Gasteiger partial charge in [-0.05, 0) is 29.8 Å². The highest BCUT2D eigenvalue weighted by molar-refractivity contribution is 6.01. The van der Waals surface area contributed by atoms with E-state index in [1.807, 2.05) is 12.1 Å². The van der Waals surface area contributed by atoms with Crippen molar-refractivity contribution >= 4 is 17.6 Å². The summed E-state index contributed by atoms with van der Waals surface area (Å²) in [5.41, 5.74) is 1.91. The molecule has 0 atom stereocenters. The van der Waals surface area contributed by atoms with Gasteiger partial charge in [-0.1, -0.05) is 12.1 Å². The average molecular weight is 313 g/mol. The smallest absolute Gasteiger partial charge is 0.339 e. The van der Waals surface area contributed by atoms with Crippen molar-refractivity contribution in [3.05, 3.63) is 59.9 Å². The van der Waals surface area contributed by atoms with E-state index in [1.54, 1.807) is 36.7 Å². The Morgan fingerprint density at radius 1 is 1.13 bits per heavy atom. The van der Waals surface area contributed by atoms with Gasteiger partial charge < -0.3 is 15.4 Å². The number of carbonyl (C=O) groups is 2. The Bertz CT molecular complexity index is 659. The number of rotatable bonds is 7. The molecular formula is C17H19N3O3. The van der Waals surface area contributed by atoms with Crippen LogP contribution in [0.3, 0.4) is 0 Å². The van der Waals surface area contributed by atoms with E-state index in [2.05, 4.69) is 15.6 Å². The van der Waals surface area contributed by atoms with E-state index in [1.165, 1.54) is 7.11 Å². The minimum atomic E-state index is -0.475. The zero-order valence-corrected chi connectivity index (χ0v) is 12.9. The summed E-state index contributed by atoms with van der Waals surface area (Å²) in [4.78, 5) is 27.6. The Labute approximate surface area is 134 Å². The first-order chi connectivity index (χ1) is 11.2. The summed E-state index contributed by atoms with van der Waals surface area (Å²) in [6, 6.07) is 10.6. The van der Waals surface area contributed by atoms with E-state index in [0.717, 1.165) is 5.56 Å². The van der Waals surface area contributed by atoms with Gasteiger partial charge in [0.2, 0.25) is 5.91 Å². The molecule has 2 rings (SSSR count). The van der Waals surface area contributed by atoms with Crippen LogP contribution in [0.4, 0.5) is 5.69 Å². The van der Waals surface area contributed by atoms with Gasteiger partial charge in [0.25, 0.3) is 0 Å². The predicted octanol–water partition coefficient (Wildman–Crippen LogP) is 1.99. The number of aromatic nitrogens is 1. The van der Waals surface area contributed by atoms with Crippen LogP contribution in [-0.4, -0.2) is 30.5 Å². The molecule has 0 aliphatic heterocycles. The number of methoxy groups -OCH3 is 1. The highest BCUT2D eigenvalue weighted by atomic mass is 16.5. The molecule has 0 radical (unpaired) electrons. The molecule has 120 valence electrons. The second kappa shape index (κ2) is 8.65. The number of hydrogen-bond acceptors (Lipinski definition) is 5. The lowest BCUT2D eigenvalue weighted by Crippen LogP contribution is -2.22. The number of nitrogens with one attached hydrogen (secondary N) is 2. The average Bonchev–Trinajstić information content (AvgIpc) is 2.59. The van der Waals surface area contributed by atoms with Gasteiger partial charge in [0.05, 0.1) is 18.4 Å². The maximum atomic E-state index is 12.0. The number of nitrogens with zero attached hydrogens (tertiary/aromatic N) is 1. The Balaban J connectivity index is 1.80. The molecule has 1 aromatic carbocycles. The molecule has 2 aromatic rings. The van der Waals surface area contributed by atoms with Crippen molar-refractivity contribution < 1.29 is 14.3 Å². The number of ether oxygens (including phenoxy) is 1. The zero-order valence-electron chi connectivity index (χ0n) is 12.9. The summed E-state index contributed by atoms with van der Waals surface area (Å²) in [6.45, 7) is 1.21. The second-order valence-electron chi connectivity index (χ2n) is 4.87. The fraction of sp³-hybridized carbons (Fsp3) is 0.235. The first-order valence-corrected chi connectivity index (χ1v) is 7.27. The molecule has 2 N–H and O–H groups in total. The SMILES string of the molecule is COC(=O)c1ccccc1NC(=O)CCNCc1ccncc1. The lowest BCUT2D eigenvalue weighted by Gasteiger charge is -2.10. The van der Waals surface area contributed by atoms with Crippen molar-refractivity contribution in [3.8, 4) is 0 Å². The van der Waals surface area contributed by atoms with Crippen LogP contribution in [0, 0.1) is 0 Å². The van der Waals surface area contributed by atoms with Crippen molar-refractivity contribution in [2.45, 2.75) is 13.0 Å². The van der Waals surface area contributed by atoms with Gasteiger partial charge in [0.15, 0.2) is 0 Å². The number of esters is 1. The number of carbonyl (C=O) groups excluding carboxylic acids is 2. The fourth-order valence-electron chi connectivity index (χ4n) is 2.03. The maximum Gasteiger partial charge on any atom is 0.339 e. The van der Waals surface area contributed by atoms with Gasteiger partial charge in [-0.15, -0.1) is 0 Å². The van der Waals surface area contributed by atoms with Gasteiger partial charge in [0.1, 0.15) is 0 Å². The Morgan fingerprint density at radius 3 is 2.61 bits per heavy atom. The van der Waals surface area contributed by atoms with E-state index in [0.29, 0.717) is 30.8 Å². The van der Waals surface area contributed by atoms with Gasteiger partial charge in [-0.25, -0.2) is 4.79 Å². The molecule has 0 aliphatic rings. The molecule has 0 saturated carbocycles. The molecule has 0 bridgehead atoms. The first kappa shape index (κ1) is 16.6. The predicted molar refractivity (Wildman–Crippen MR) is 87.0 cm³/mol. The molecule has 0 spiro atoms. The van der Waals surface area contributed by atoms with Crippen LogP contribution in [0.1, 0.15) is 22.3 Å². The van der Waals surface area contributed by atoms with E-state index >= 15 is 0 Å². The highest BCUT2D eigenvalue weighted by Gasteiger charge is 2.12. The third kappa shape index (κ3) is 5.19. The van der Waals surface area contributed by atoms with E-state index in [4.69, 9.17) is 4.74 Å². The first-order valence-electron chi connectivity index (χ1n) is 7.27. The summed E-state index contributed by atoms with van der Waals surface area (Å²) >= 11 is 0. The lowest BCUT2D eigenvalue weighted by atomic mass is 10.1. The second-order valence-corrected chi connectivity index (χ2v) is 4.87. The van der Waals surface area contributed by atoms with Gasteiger partial charge in [-0.3, -0.25) is 9.78 Å². The van der Waals surface area contributed by atoms with Gasteiger partial charge in [-0.2, -0.15) is 0 Å². The molecule has 0 saturated heterocycles. The van der Waals surface area contributed by atoms with Crippen molar-refractivity contribution in [1.82, 2.24) is 10.3 Å². The highest BCUT2D eigenvalue weighted by Crippen LogP contribution is 2.16. The van der Waals surface area contributed by atoms with E-state index in [9.17, 15) is 9.59 Å². The Kier molecular flexibility index (Phi) is 6.26. The normalized spacial score (nSPS) is 10.1. The van der Waals surface area contributed by atoms with Crippen LogP contribution in [0.5, 0.6) is 0 Å². The summed E-state index contributed by atoms with van der Waals surface area (Å²) in [6.07, 6.45) is 3.77. The summed E-state index contributed by atoms with van der Waals surface area (Å²) < 4.78 is 4.70. The molecule has 0 unspecified atom stereocenters. The van der Waals surface area contributed by atoms with E-state index in [-0.39, 0.29) is 5.91 Å². The minimum Gasteiger partial charge on any atom is -0.465 e. The maximum absolute atomic E-state index is 12.0. The van der Waals surface area contributed by atoms with Gasteiger partial charge in [0, 0.05) is 31.9 Å². The zero-order chi connectivity index (χ0) is 16.5. The van der Waals surface area contributed by atoms with E-state index < -0.39 is 5.97 Å². The molecule has 6 nitrogen and oxygen atoms in total. The lowest BCUT2D eigenvalue weighted by molar-refractivity contribution is -0.116. The van der Waals surface area contributed by atoms with Crippen LogP contribution in [0.15, 0.2) is 48.8 Å². The Hall–Kier alpha value is -2.73. The van der Waals surface area contributed by atoms with Crippen LogP contribution in [0.2, 0.25) is 0 Å². The third-order valence-corrected chi connectivity index (χ3v) is 3.21. The number of anilines is 1. The van der Waals surface area contributed by atoms with Gasteiger partial charge >= 0.3 is 5.97 Å². The molecule has 0 fully saturated rings. The van der Waals surface area contributed by atoms with Crippen molar-refractivity contribution in [3.63, 3.8) is 0 Å². The number of hydrogen-bond donors (Lipinski definition) is 2. The number of benzene rings is 1. The minimum absolute atomic E-state index is 0.163. The molecular weight excluding hydrogens is 294 g/mol. The number of pyridine rings is 1. The summed E-state index contributed by atoms with van der Waals surface area (Å²) in [7, 11) is 1.31. The van der Waals surface area contributed by atoms with Crippen LogP contribution >= 0.6 is 0 Å². The molecule has 1 heterocycles. The van der Waals surface area contributed by atoms with Crippen LogP contribution in [-0.2, 0) is 16.1 Å². The quantitative estimate of drug-likeness (QED) is 0.603. The number of para-hydroxylation sites is 1. The topological polar surface area (TPSA) is 80.3 Å². The fourth-order valence-corrected chi connectivity index (χ4v) is 2.03. The molecule has 1 aromatic heterocycles. The summed E-state index contributed by atoms with van der Waals surface area (Å²) in [5.74, 6) is -0.639. The molecule has 23 heavy (non-hydrogen) atoms. The van der Waals surface area contributed by atoms with Crippen LogP contribution in [0.25, 0.3) is 0 Å². The number of amides is 1. The van der Waals surface area contributed by atoms with Crippen LogP contribution < -0.4 is 10.6 Å². The monoisotopic (exact) mass is 313 g/mol. The molecule has 1 amide bonds. The van der Waals surface area contributed by atoms with Crippen molar-refractivity contribution in [2.24, 2.45) is 0 Å². The van der Waals surface area contributed by atoms with Crippen molar-refractivity contribution in [2.75, 3.05) is 19.0 Å². The van der Waals surface area contributed by atoms with Crippen molar-refractivity contribution in [1.29, 1.82) is 0 Å². The largest absolute Gasteiger partial charge is 0.465 e. The molecule has 6 heteroatoms. The standard InChI is InChI=1S/C17H19N3O3/c1-23-17(22)14-4-2-3-5-15(14)20-16(21)8-11-19-12-13-6-9-18-10-7-13/h2-7,9-10,19H,8,11-12H2,1H3,(H,20,21). The Morgan fingerprint density at radius 2 is 1.87 bits per heavy atom.